The molecule has 2 aromatic rings. The lowest BCUT2D eigenvalue weighted by Crippen LogP contribution is -1.82. The summed E-state index contributed by atoms with van der Waals surface area (Å²) in [5.74, 6) is 1.25. The lowest BCUT2D eigenvalue weighted by atomic mass is 10.1. The van der Waals surface area contributed by atoms with Gasteiger partial charge in [0.05, 0.1) is 10.2 Å². The average molecular weight is 340 g/mol. The molecule has 0 aliphatic rings. The highest BCUT2D eigenvalue weighted by Crippen LogP contribution is 2.37. The third kappa shape index (κ3) is 6.62. The van der Waals surface area contributed by atoms with Crippen molar-refractivity contribution < 1.29 is 0 Å². The minimum absolute atomic E-state index is 1.14. The molecule has 0 saturated heterocycles. The van der Waals surface area contributed by atoms with Crippen LogP contribution in [0.25, 0.3) is 10.2 Å². The Morgan fingerprint density at radius 3 is 2.43 bits per heavy atom. The second kappa shape index (κ2) is 10.5. The third-order valence-electron chi connectivity index (χ3n) is 3.49. The van der Waals surface area contributed by atoms with Gasteiger partial charge in [0.15, 0.2) is 4.34 Å². The second-order valence-electron chi connectivity index (χ2n) is 5.33. The normalized spacial score (nSPS) is 11.3. The topological polar surface area (TPSA) is 12.9 Å². The van der Waals surface area contributed by atoms with Crippen molar-refractivity contribution in [1.29, 1.82) is 0 Å². The largest absolute Gasteiger partial charge is 0.229 e. The molecular weight excluding hydrogens is 314 g/mol. The molecule has 0 saturated carbocycles. The molecule has 0 N–H and O–H groups in total. The zero-order valence-corrected chi connectivity index (χ0v) is 15.3. The number of nitrogens with zero attached hydrogens (tertiary/aromatic N) is 1. The standard InChI is InChI=1S/C17H25NS3/c1-2-3-4-5-6-7-8-11-14-19-21-17-18-15-12-9-10-13-16(15)20-17/h9-10,12-13H,2-8,11,14H2,1H3. The number of fused-ring (bicyclic) bond motifs is 1. The molecular formula is C17H25NS3. The summed E-state index contributed by atoms with van der Waals surface area (Å²) < 4.78 is 2.49. The van der Waals surface area contributed by atoms with Gasteiger partial charge >= 0.3 is 0 Å². The van der Waals surface area contributed by atoms with E-state index in [4.69, 9.17) is 0 Å². The Labute approximate surface area is 140 Å². The van der Waals surface area contributed by atoms with E-state index in [1.807, 2.05) is 32.9 Å². The minimum Gasteiger partial charge on any atom is -0.229 e. The van der Waals surface area contributed by atoms with Crippen LogP contribution in [-0.4, -0.2) is 10.7 Å². The smallest absolute Gasteiger partial charge is 0.161 e. The predicted octanol–water partition coefficient (Wildman–Crippen LogP) is 7.18. The Morgan fingerprint density at radius 1 is 0.952 bits per heavy atom. The first kappa shape index (κ1) is 17.2. The Kier molecular flexibility index (Phi) is 8.60. The Balaban J connectivity index is 1.50. The molecule has 0 spiro atoms. The van der Waals surface area contributed by atoms with Crippen LogP contribution < -0.4 is 0 Å². The molecule has 1 aromatic carbocycles. The molecule has 0 bridgehead atoms. The zero-order chi connectivity index (χ0) is 14.8. The highest BCUT2D eigenvalue weighted by Gasteiger charge is 2.03. The monoisotopic (exact) mass is 339 g/mol. The Bertz CT molecular complexity index is 476. The summed E-state index contributed by atoms with van der Waals surface area (Å²) in [6.07, 6.45) is 11.2. The van der Waals surface area contributed by atoms with Gasteiger partial charge in [-0.15, -0.1) is 11.3 Å². The van der Waals surface area contributed by atoms with E-state index in [1.54, 1.807) is 0 Å². The number of rotatable bonds is 11. The molecule has 1 aromatic heterocycles. The molecule has 1 nitrogen and oxygen atoms in total. The zero-order valence-electron chi connectivity index (χ0n) is 12.8. The summed E-state index contributed by atoms with van der Waals surface area (Å²) in [5.41, 5.74) is 1.14. The van der Waals surface area contributed by atoms with Gasteiger partial charge in [0.2, 0.25) is 0 Å². The number of para-hydroxylation sites is 1. The van der Waals surface area contributed by atoms with E-state index >= 15 is 0 Å². The quantitative estimate of drug-likeness (QED) is 0.318. The van der Waals surface area contributed by atoms with Gasteiger partial charge < -0.3 is 0 Å². The van der Waals surface area contributed by atoms with E-state index in [0.29, 0.717) is 0 Å². The summed E-state index contributed by atoms with van der Waals surface area (Å²) in [4.78, 5) is 4.65. The number of hydrogen-bond donors (Lipinski definition) is 0. The maximum absolute atomic E-state index is 4.65. The van der Waals surface area contributed by atoms with Crippen molar-refractivity contribution in [3.8, 4) is 0 Å². The summed E-state index contributed by atoms with van der Waals surface area (Å²) in [7, 11) is 3.80. The highest BCUT2D eigenvalue weighted by molar-refractivity contribution is 8.77. The van der Waals surface area contributed by atoms with Gasteiger partial charge in [-0.05, 0) is 29.3 Å². The molecule has 0 fully saturated rings. The van der Waals surface area contributed by atoms with Crippen molar-refractivity contribution in [2.24, 2.45) is 0 Å². The van der Waals surface area contributed by atoms with E-state index in [2.05, 4.69) is 36.2 Å². The first-order chi connectivity index (χ1) is 10.4. The van der Waals surface area contributed by atoms with Crippen molar-refractivity contribution in [3.63, 3.8) is 0 Å². The summed E-state index contributed by atoms with van der Waals surface area (Å²) in [5, 5.41) is 0. The highest BCUT2D eigenvalue weighted by atomic mass is 33.1. The summed E-state index contributed by atoms with van der Waals surface area (Å²) >= 11 is 1.81. The number of thiazole rings is 1. The van der Waals surface area contributed by atoms with Gasteiger partial charge in [-0.1, -0.05) is 74.8 Å². The number of benzene rings is 1. The van der Waals surface area contributed by atoms with Gasteiger partial charge in [-0.3, -0.25) is 0 Å². The van der Waals surface area contributed by atoms with Crippen molar-refractivity contribution in [1.82, 2.24) is 4.98 Å². The van der Waals surface area contributed by atoms with Gasteiger partial charge in [0.25, 0.3) is 0 Å². The lowest BCUT2D eigenvalue weighted by molar-refractivity contribution is 0.586. The van der Waals surface area contributed by atoms with Gasteiger partial charge in [0.1, 0.15) is 0 Å². The molecule has 4 heteroatoms. The van der Waals surface area contributed by atoms with Crippen LogP contribution in [0.3, 0.4) is 0 Å². The molecule has 0 unspecified atom stereocenters. The molecule has 0 atom stereocenters. The summed E-state index contributed by atoms with van der Waals surface area (Å²) in [6, 6.07) is 8.39. The third-order valence-corrected chi connectivity index (χ3v) is 7.27. The van der Waals surface area contributed by atoms with Gasteiger partial charge in [0, 0.05) is 5.75 Å². The van der Waals surface area contributed by atoms with E-state index in [1.165, 1.54) is 66.2 Å². The van der Waals surface area contributed by atoms with Crippen LogP contribution in [0.2, 0.25) is 0 Å². The van der Waals surface area contributed by atoms with E-state index in [9.17, 15) is 0 Å². The molecule has 2 rings (SSSR count). The van der Waals surface area contributed by atoms with Crippen LogP contribution in [0.1, 0.15) is 58.3 Å². The average Bonchev–Trinajstić information content (AvgIpc) is 2.92. The molecule has 1 heterocycles. The Hall–Kier alpha value is -0.190. The molecule has 116 valence electrons. The minimum atomic E-state index is 1.14. The molecule has 0 amide bonds. The maximum atomic E-state index is 4.65. The van der Waals surface area contributed by atoms with Crippen LogP contribution in [-0.2, 0) is 0 Å². The first-order valence-electron chi connectivity index (χ1n) is 8.05. The fraction of sp³-hybridized carbons (Fsp3) is 0.588. The van der Waals surface area contributed by atoms with E-state index < -0.39 is 0 Å². The van der Waals surface area contributed by atoms with Crippen molar-refractivity contribution >= 4 is 43.1 Å². The van der Waals surface area contributed by atoms with E-state index in [-0.39, 0.29) is 0 Å². The van der Waals surface area contributed by atoms with Crippen LogP contribution in [0.15, 0.2) is 28.6 Å². The molecule has 0 aliphatic heterocycles. The van der Waals surface area contributed by atoms with Crippen LogP contribution in [0.4, 0.5) is 0 Å². The Morgan fingerprint density at radius 2 is 1.67 bits per heavy atom. The number of hydrogen-bond acceptors (Lipinski definition) is 4. The fourth-order valence-electron chi connectivity index (χ4n) is 2.27. The van der Waals surface area contributed by atoms with Crippen molar-refractivity contribution in [3.05, 3.63) is 24.3 Å². The molecule has 0 radical (unpaired) electrons. The van der Waals surface area contributed by atoms with Crippen LogP contribution >= 0.6 is 32.9 Å². The van der Waals surface area contributed by atoms with Crippen LogP contribution in [0.5, 0.6) is 0 Å². The van der Waals surface area contributed by atoms with Gasteiger partial charge in [-0.25, -0.2) is 4.98 Å². The van der Waals surface area contributed by atoms with Gasteiger partial charge in [-0.2, -0.15) is 0 Å². The van der Waals surface area contributed by atoms with E-state index in [0.717, 1.165) is 5.52 Å². The molecule has 0 aliphatic carbocycles. The van der Waals surface area contributed by atoms with Crippen LogP contribution in [0, 0.1) is 0 Å². The lowest BCUT2D eigenvalue weighted by Gasteiger charge is -2.01. The SMILES string of the molecule is CCCCCCCCCCSSc1nc2ccccc2s1. The second-order valence-corrected chi connectivity index (χ2v) is 9.02. The number of aromatic nitrogens is 1. The van der Waals surface area contributed by atoms with Crippen molar-refractivity contribution in [2.45, 2.75) is 62.6 Å². The fourth-order valence-corrected chi connectivity index (χ4v) is 5.77. The summed E-state index contributed by atoms with van der Waals surface area (Å²) in [6.45, 7) is 2.28. The van der Waals surface area contributed by atoms with Crippen molar-refractivity contribution in [2.75, 3.05) is 5.75 Å². The first-order valence-corrected chi connectivity index (χ1v) is 11.2. The predicted molar refractivity (Wildman–Crippen MR) is 101 cm³/mol. The maximum Gasteiger partial charge on any atom is 0.161 e. The molecule has 21 heavy (non-hydrogen) atoms. The number of unbranched alkanes of at least 4 members (excludes halogenated alkanes) is 7.